The molecule has 2 N–H and O–H groups in total. The number of aromatic nitrogens is 1. The molecule has 108 valence electrons. The number of nitrogens with zero attached hydrogens (tertiary/aromatic N) is 2. The molecule has 4 nitrogen and oxygen atoms in total. The summed E-state index contributed by atoms with van der Waals surface area (Å²) in [7, 11) is 0. The number of pyridine rings is 1. The number of aliphatic hydroxyl groups excluding tert-OH is 1. The lowest BCUT2D eigenvalue weighted by atomic mass is 9.66. The second kappa shape index (κ2) is 5.71. The summed E-state index contributed by atoms with van der Waals surface area (Å²) in [6.07, 6.45) is 5.97. The van der Waals surface area contributed by atoms with Gasteiger partial charge in [-0.05, 0) is 30.7 Å². The first-order chi connectivity index (χ1) is 10.3. The fourth-order valence-electron chi connectivity index (χ4n) is 3.12. The number of aliphatic hydroxyl groups is 1. The van der Waals surface area contributed by atoms with E-state index in [1.165, 1.54) is 6.42 Å². The highest BCUT2D eigenvalue weighted by Gasteiger charge is 2.36. The van der Waals surface area contributed by atoms with Crippen LogP contribution in [0.15, 0.2) is 30.5 Å². The molecule has 3 rings (SSSR count). The Morgan fingerprint density at radius 1 is 1.33 bits per heavy atom. The van der Waals surface area contributed by atoms with E-state index in [1.54, 1.807) is 6.20 Å². The Labute approximate surface area is 124 Å². The molecular weight excluding hydrogens is 262 g/mol. The van der Waals surface area contributed by atoms with Crippen LogP contribution in [0.25, 0.3) is 10.9 Å². The van der Waals surface area contributed by atoms with Crippen LogP contribution >= 0.6 is 0 Å². The Hall–Kier alpha value is -2.12. The fraction of sp³-hybridized carbons (Fsp3) is 0.412. The monoisotopic (exact) mass is 281 g/mol. The van der Waals surface area contributed by atoms with Crippen LogP contribution in [0.4, 0.5) is 5.69 Å². The van der Waals surface area contributed by atoms with Gasteiger partial charge in [0.25, 0.3) is 0 Å². The van der Waals surface area contributed by atoms with Gasteiger partial charge in [-0.2, -0.15) is 5.26 Å². The second-order valence-corrected chi connectivity index (χ2v) is 5.86. The largest absolute Gasteiger partial charge is 0.396 e. The van der Waals surface area contributed by atoms with E-state index in [0.29, 0.717) is 5.56 Å². The molecule has 1 aliphatic rings. The van der Waals surface area contributed by atoms with Crippen molar-refractivity contribution < 1.29 is 5.11 Å². The average molecular weight is 281 g/mol. The zero-order chi connectivity index (χ0) is 14.7. The summed E-state index contributed by atoms with van der Waals surface area (Å²) >= 11 is 0. The molecule has 0 unspecified atom stereocenters. The molecule has 1 aromatic carbocycles. The molecule has 0 atom stereocenters. The maximum Gasteiger partial charge on any atom is 0.103 e. The molecule has 1 aromatic heterocycles. The summed E-state index contributed by atoms with van der Waals surface area (Å²) in [6, 6.07) is 10.1. The van der Waals surface area contributed by atoms with Gasteiger partial charge >= 0.3 is 0 Å². The van der Waals surface area contributed by atoms with E-state index in [2.05, 4.69) is 16.4 Å². The van der Waals surface area contributed by atoms with Gasteiger partial charge in [-0.1, -0.05) is 24.6 Å². The van der Waals surface area contributed by atoms with Gasteiger partial charge in [0.1, 0.15) is 6.07 Å². The molecule has 1 saturated carbocycles. The molecule has 0 aliphatic heterocycles. The number of hydrogen-bond donors (Lipinski definition) is 2. The van der Waals surface area contributed by atoms with Crippen molar-refractivity contribution in [2.24, 2.45) is 5.41 Å². The third-order valence-electron chi connectivity index (χ3n) is 4.59. The van der Waals surface area contributed by atoms with Gasteiger partial charge in [0, 0.05) is 24.7 Å². The minimum atomic E-state index is 0.186. The van der Waals surface area contributed by atoms with Crippen molar-refractivity contribution >= 4 is 16.6 Å². The minimum absolute atomic E-state index is 0.186. The Morgan fingerprint density at radius 3 is 2.81 bits per heavy atom. The molecule has 0 saturated heterocycles. The van der Waals surface area contributed by atoms with Gasteiger partial charge in [0.15, 0.2) is 0 Å². The Bertz CT molecular complexity index is 686. The predicted molar refractivity (Wildman–Crippen MR) is 82.9 cm³/mol. The summed E-state index contributed by atoms with van der Waals surface area (Å²) in [5.74, 6) is 0. The average Bonchev–Trinajstić information content (AvgIpc) is 2.49. The lowest BCUT2D eigenvalue weighted by molar-refractivity contribution is 0.102. The molecule has 0 radical (unpaired) electrons. The normalized spacial score (nSPS) is 16.2. The summed E-state index contributed by atoms with van der Waals surface area (Å²) in [5, 5.41) is 23.0. The zero-order valence-corrected chi connectivity index (χ0v) is 12.0. The smallest absolute Gasteiger partial charge is 0.103 e. The Kier molecular flexibility index (Phi) is 3.76. The molecule has 4 heteroatoms. The predicted octanol–water partition coefficient (Wildman–Crippen LogP) is 3.07. The molecule has 0 amide bonds. The van der Waals surface area contributed by atoms with Crippen LogP contribution < -0.4 is 5.32 Å². The molecular formula is C17H19N3O. The highest BCUT2D eigenvalue weighted by molar-refractivity contribution is 5.93. The topological polar surface area (TPSA) is 68.9 Å². The number of benzene rings is 1. The van der Waals surface area contributed by atoms with Crippen LogP contribution in [0.2, 0.25) is 0 Å². The molecule has 21 heavy (non-hydrogen) atoms. The van der Waals surface area contributed by atoms with E-state index in [0.717, 1.165) is 42.4 Å². The minimum Gasteiger partial charge on any atom is -0.396 e. The van der Waals surface area contributed by atoms with Crippen molar-refractivity contribution in [1.29, 1.82) is 5.26 Å². The maximum atomic E-state index is 9.31. The molecule has 0 spiro atoms. The van der Waals surface area contributed by atoms with Crippen molar-refractivity contribution in [2.45, 2.75) is 25.7 Å². The standard InChI is InChI=1S/C17H19N3O/c18-10-13-11-19-15-5-2-1-4-14(15)16(13)20-12-17(8-9-21)6-3-7-17/h1-2,4-5,11,21H,3,6-9,12H2,(H,19,20). The number of fused-ring (bicyclic) bond motifs is 1. The van der Waals surface area contributed by atoms with Crippen LogP contribution in [0.1, 0.15) is 31.2 Å². The lowest BCUT2D eigenvalue weighted by Crippen LogP contribution is -2.37. The van der Waals surface area contributed by atoms with Crippen molar-refractivity contribution in [3.8, 4) is 6.07 Å². The van der Waals surface area contributed by atoms with E-state index < -0.39 is 0 Å². The first kappa shape index (κ1) is 13.8. The summed E-state index contributed by atoms with van der Waals surface area (Å²) < 4.78 is 0. The molecule has 1 heterocycles. The van der Waals surface area contributed by atoms with Gasteiger partial charge < -0.3 is 10.4 Å². The van der Waals surface area contributed by atoms with Crippen molar-refractivity contribution in [3.63, 3.8) is 0 Å². The summed E-state index contributed by atoms with van der Waals surface area (Å²) in [4.78, 5) is 4.33. The highest BCUT2D eigenvalue weighted by atomic mass is 16.3. The summed E-state index contributed by atoms with van der Waals surface area (Å²) in [5.41, 5.74) is 2.52. The van der Waals surface area contributed by atoms with E-state index in [-0.39, 0.29) is 12.0 Å². The van der Waals surface area contributed by atoms with E-state index in [4.69, 9.17) is 0 Å². The molecule has 1 fully saturated rings. The van der Waals surface area contributed by atoms with E-state index in [1.807, 2.05) is 24.3 Å². The second-order valence-electron chi connectivity index (χ2n) is 5.86. The SMILES string of the molecule is N#Cc1cnc2ccccc2c1NCC1(CCO)CCC1. The number of rotatable bonds is 5. The number of anilines is 1. The van der Waals surface area contributed by atoms with E-state index >= 15 is 0 Å². The third kappa shape index (κ3) is 2.57. The number of nitrogens with one attached hydrogen (secondary N) is 1. The van der Waals surface area contributed by atoms with Crippen LogP contribution in [-0.4, -0.2) is 23.2 Å². The molecule has 0 bridgehead atoms. The number of hydrogen-bond acceptors (Lipinski definition) is 4. The fourth-order valence-corrected chi connectivity index (χ4v) is 3.12. The Morgan fingerprint density at radius 2 is 2.14 bits per heavy atom. The van der Waals surface area contributed by atoms with Crippen LogP contribution in [-0.2, 0) is 0 Å². The maximum absolute atomic E-state index is 9.31. The van der Waals surface area contributed by atoms with Crippen LogP contribution in [0.3, 0.4) is 0 Å². The van der Waals surface area contributed by atoms with Crippen LogP contribution in [0, 0.1) is 16.7 Å². The zero-order valence-electron chi connectivity index (χ0n) is 12.0. The van der Waals surface area contributed by atoms with Crippen molar-refractivity contribution in [3.05, 3.63) is 36.0 Å². The summed E-state index contributed by atoms with van der Waals surface area (Å²) in [6.45, 7) is 1.03. The van der Waals surface area contributed by atoms with Crippen LogP contribution in [0.5, 0.6) is 0 Å². The lowest BCUT2D eigenvalue weighted by Gasteiger charge is -2.42. The first-order valence-corrected chi connectivity index (χ1v) is 7.41. The quantitative estimate of drug-likeness (QED) is 0.883. The van der Waals surface area contributed by atoms with Gasteiger partial charge in [-0.3, -0.25) is 4.98 Å². The van der Waals surface area contributed by atoms with Gasteiger partial charge in [-0.25, -0.2) is 0 Å². The van der Waals surface area contributed by atoms with Crippen molar-refractivity contribution in [1.82, 2.24) is 4.98 Å². The molecule has 2 aromatic rings. The van der Waals surface area contributed by atoms with Crippen molar-refractivity contribution in [2.75, 3.05) is 18.5 Å². The van der Waals surface area contributed by atoms with E-state index in [9.17, 15) is 10.4 Å². The first-order valence-electron chi connectivity index (χ1n) is 7.41. The Balaban J connectivity index is 1.91. The van der Waals surface area contributed by atoms with Gasteiger partial charge in [0.2, 0.25) is 0 Å². The van der Waals surface area contributed by atoms with Gasteiger partial charge in [0.05, 0.1) is 16.8 Å². The number of para-hydroxylation sites is 1. The van der Waals surface area contributed by atoms with Gasteiger partial charge in [-0.15, -0.1) is 0 Å². The third-order valence-corrected chi connectivity index (χ3v) is 4.59. The number of nitriles is 1. The molecule has 1 aliphatic carbocycles. The highest BCUT2D eigenvalue weighted by Crippen LogP contribution is 2.44.